The topological polar surface area (TPSA) is 105 Å². The van der Waals surface area contributed by atoms with Crippen LogP contribution in [0.1, 0.15) is 5.82 Å². The lowest BCUT2D eigenvalue weighted by molar-refractivity contribution is -0.0498. The first kappa shape index (κ1) is 21.4. The number of hydrogen-bond acceptors (Lipinski definition) is 8. The molecule has 2 heterocycles. The Morgan fingerprint density at radius 3 is 2.73 bits per heavy atom. The van der Waals surface area contributed by atoms with Crippen molar-refractivity contribution in [2.24, 2.45) is 0 Å². The van der Waals surface area contributed by atoms with Crippen LogP contribution >= 0.6 is 0 Å². The van der Waals surface area contributed by atoms with Crippen LogP contribution in [-0.2, 0) is 11.3 Å². The van der Waals surface area contributed by atoms with Crippen LogP contribution in [0.4, 0.5) is 31.2 Å². The maximum atomic E-state index is 12.3. The quantitative estimate of drug-likeness (QED) is 0.694. The van der Waals surface area contributed by atoms with E-state index in [0.29, 0.717) is 49.7 Å². The van der Waals surface area contributed by atoms with Crippen LogP contribution < -0.4 is 25.2 Å². The second-order valence-electron chi connectivity index (χ2n) is 6.56. The lowest BCUT2D eigenvalue weighted by Gasteiger charge is -2.27. The average molecular weight is 423 g/mol. The highest BCUT2D eigenvalue weighted by molar-refractivity contribution is 5.89. The first-order chi connectivity index (χ1) is 14.4. The highest BCUT2D eigenvalue weighted by Gasteiger charge is 2.17. The van der Waals surface area contributed by atoms with Crippen molar-refractivity contribution in [1.82, 2.24) is 20.3 Å². The SMILES string of the molecule is CN(C)c1nc(CNC(=O)Nc2cccc(OC(F)F)c2)nc(N2CCOCC2)n1. The molecule has 1 fully saturated rings. The molecule has 0 unspecified atom stereocenters. The van der Waals surface area contributed by atoms with Gasteiger partial charge in [-0.05, 0) is 12.1 Å². The number of amides is 2. The van der Waals surface area contributed by atoms with Gasteiger partial charge in [0.2, 0.25) is 11.9 Å². The smallest absolute Gasteiger partial charge is 0.387 e. The molecule has 162 valence electrons. The van der Waals surface area contributed by atoms with Crippen LogP contribution in [0.15, 0.2) is 24.3 Å². The Balaban J connectivity index is 1.64. The van der Waals surface area contributed by atoms with Crippen molar-refractivity contribution in [1.29, 1.82) is 0 Å². The normalized spacial score (nSPS) is 13.8. The van der Waals surface area contributed by atoms with Gasteiger partial charge in [-0.1, -0.05) is 6.07 Å². The molecule has 3 rings (SSSR count). The van der Waals surface area contributed by atoms with Gasteiger partial charge in [-0.2, -0.15) is 23.7 Å². The number of halogens is 2. The molecule has 1 aromatic carbocycles. The van der Waals surface area contributed by atoms with Gasteiger partial charge in [0.15, 0.2) is 5.82 Å². The maximum Gasteiger partial charge on any atom is 0.387 e. The lowest BCUT2D eigenvalue weighted by Crippen LogP contribution is -2.38. The largest absolute Gasteiger partial charge is 0.435 e. The van der Waals surface area contributed by atoms with Crippen LogP contribution in [-0.4, -0.2) is 68.0 Å². The Kier molecular flexibility index (Phi) is 7.12. The summed E-state index contributed by atoms with van der Waals surface area (Å²) in [7, 11) is 3.63. The number of nitrogens with zero attached hydrogens (tertiary/aromatic N) is 5. The lowest BCUT2D eigenvalue weighted by atomic mass is 10.3. The maximum absolute atomic E-state index is 12.3. The van der Waals surface area contributed by atoms with E-state index in [-0.39, 0.29) is 12.3 Å². The van der Waals surface area contributed by atoms with Gasteiger partial charge in [-0.15, -0.1) is 0 Å². The van der Waals surface area contributed by atoms with Crippen molar-refractivity contribution in [2.75, 3.05) is 55.5 Å². The number of carbonyl (C=O) groups excluding carboxylic acids is 1. The van der Waals surface area contributed by atoms with Crippen molar-refractivity contribution >= 4 is 23.6 Å². The number of nitrogens with one attached hydrogen (secondary N) is 2. The monoisotopic (exact) mass is 423 g/mol. The molecule has 0 saturated carbocycles. The van der Waals surface area contributed by atoms with E-state index in [2.05, 4.69) is 30.3 Å². The molecular formula is C18H23F2N7O3. The van der Waals surface area contributed by atoms with Crippen LogP contribution in [0, 0.1) is 0 Å². The average Bonchev–Trinajstić information content (AvgIpc) is 2.72. The highest BCUT2D eigenvalue weighted by Crippen LogP contribution is 2.19. The minimum atomic E-state index is -2.94. The molecular weight excluding hydrogens is 400 g/mol. The number of benzene rings is 1. The van der Waals surface area contributed by atoms with Crippen molar-refractivity contribution < 1.29 is 23.0 Å². The van der Waals surface area contributed by atoms with Crippen molar-refractivity contribution in [2.45, 2.75) is 13.2 Å². The molecule has 0 bridgehead atoms. The number of alkyl halides is 2. The summed E-state index contributed by atoms with van der Waals surface area (Å²) in [5, 5.41) is 5.21. The van der Waals surface area contributed by atoms with Crippen LogP contribution in [0.25, 0.3) is 0 Å². The number of hydrogen-bond donors (Lipinski definition) is 2. The van der Waals surface area contributed by atoms with Gasteiger partial charge in [-0.3, -0.25) is 0 Å². The zero-order valence-corrected chi connectivity index (χ0v) is 16.6. The van der Waals surface area contributed by atoms with Crippen molar-refractivity contribution in [3.05, 3.63) is 30.1 Å². The molecule has 0 aliphatic carbocycles. The third kappa shape index (κ3) is 6.11. The van der Waals surface area contributed by atoms with Gasteiger partial charge in [0.25, 0.3) is 0 Å². The summed E-state index contributed by atoms with van der Waals surface area (Å²) in [6, 6.07) is 5.19. The fourth-order valence-electron chi connectivity index (χ4n) is 2.66. The number of urea groups is 1. The molecule has 30 heavy (non-hydrogen) atoms. The molecule has 1 saturated heterocycles. The van der Waals surface area contributed by atoms with E-state index in [1.807, 2.05) is 19.0 Å². The summed E-state index contributed by atoms with van der Waals surface area (Å²) >= 11 is 0. The van der Waals surface area contributed by atoms with Gasteiger partial charge >= 0.3 is 12.6 Å². The number of carbonyl (C=O) groups is 1. The Morgan fingerprint density at radius 1 is 1.27 bits per heavy atom. The second-order valence-corrected chi connectivity index (χ2v) is 6.56. The third-order valence-corrected chi connectivity index (χ3v) is 4.08. The van der Waals surface area contributed by atoms with Crippen molar-refractivity contribution in [3.63, 3.8) is 0 Å². The van der Waals surface area contributed by atoms with E-state index in [0.717, 1.165) is 0 Å². The Bertz CT molecular complexity index is 863. The summed E-state index contributed by atoms with van der Waals surface area (Å²) in [6.07, 6.45) is 0. The molecule has 0 radical (unpaired) electrons. The summed E-state index contributed by atoms with van der Waals surface area (Å²) in [5.41, 5.74) is 0.310. The van der Waals surface area contributed by atoms with Gasteiger partial charge in [0.1, 0.15) is 5.75 Å². The first-order valence-corrected chi connectivity index (χ1v) is 9.25. The molecule has 10 nitrogen and oxygen atoms in total. The molecule has 2 N–H and O–H groups in total. The molecule has 2 amide bonds. The van der Waals surface area contributed by atoms with E-state index in [1.165, 1.54) is 18.2 Å². The number of aromatic nitrogens is 3. The predicted molar refractivity (Wildman–Crippen MR) is 106 cm³/mol. The van der Waals surface area contributed by atoms with Crippen LogP contribution in [0.2, 0.25) is 0 Å². The Hall–Kier alpha value is -3.28. The Morgan fingerprint density at radius 2 is 2.03 bits per heavy atom. The minimum Gasteiger partial charge on any atom is -0.435 e. The summed E-state index contributed by atoms with van der Waals surface area (Å²) in [5.74, 6) is 1.33. The van der Waals surface area contributed by atoms with Crippen molar-refractivity contribution in [3.8, 4) is 5.75 Å². The number of rotatable bonds is 7. The van der Waals surface area contributed by atoms with Gasteiger partial charge < -0.3 is 29.9 Å². The van der Waals surface area contributed by atoms with E-state index in [4.69, 9.17) is 4.74 Å². The second kappa shape index (κ2) is 9.96. The molecule has 2 aromatic rings. The third-order valence-electron chi connectivity index (χ3n) is 4.08. The molecule has 0 spiro atoms. The minimum absolute atomic E-state index is 0.0500. The van der Waals surface area contributed by atoms with E-state index < -0.39 is 12.6 Å². The number of morpholine rings is 1. The van der Waals surface area contributed by atoms with Crippen LogP contribution in [0.5, 0.6) is 5.75 Å². The molecule has 0 atom stereocenters. The van der Waals surface area contributed by atoms with Gasteiger partial charge in [0.05, 0.1) is 19.8 Å². The highest BCUT2D eigenvalue weighted by atomic mass is 19.3. The van der Waals surface area contributed by atoms with Crippen LogP contribution in [0.3, 0.4) is 0 Å². The van der Waals surface area contributed by atoms with E-state index >= 15 is 0 Å². The zero-order valence-electron chi connectivity index (χ0n) is 16.6. The van der Waals surface area contributed by atoms with Gasteiger partial charge in [-0.25, -0.2) is 4.79 Å². The first-order valence-electron chi connectivity index (χ1n) is 9.25. The summed E-state index contributed by atoms with van der Waals surface area (Å²) in [4.78, 5) is 29.2. The molecule has 12 heteroatoms. The molecule has 1 aromatic heterocycles. The van der Waals surface area contributed by atoms with Gasteiger partial charge in [0, 0.05) is 38.9 Å². The predicted octanol–water partition coefficient (Wildman–Crippen LogP) is 1.70. The molecule has 1 aliphatic heterocycles. The number of ether oxygens (including phenoxy) is 2. The standard InChI is InChI=1S/C18H23F2N7O3/c1-26(2)16-23-14(24-17(25-16)27-6-8-29-9-7-27)11-21-18(28)22-12-4-3-5-13(10-12)30-15(19)20/h3-5,10,15H,6-9,11H2,1-2H3,(H2,21,22,28). The Labute approximate surface area is 172 Å². The molecule has 1 aliphatic rings. The summed E-state index contributed by atoms with van der Waals surface area (Å²) in [6.45, 7) is -0.368. The number of anilines is 3. The fourth-order valence-corrected chi connectivity index (χ4v) is 2.66. The zero-order chi connectivity index (χ0) is 21.5. The summed E-state index contributed by atoms with van der Waals surface area (Å²) < 4.78 is 34.3. The fraction of sp³-hybridized carbons (Fsp3) is 0.444. The van der Waals surface area contributed by atoms with E-state index in [1.54, 1.807) is 11.0 Å². The van der Waals surface area contributed by atoms with E-state index in [9.17, 15) is 13.6 Å².